The number of anilines is 2. The number of nitrogens with zero attached hydrogens (tertiary/aromatic N) is 1. The average Bonchev–Trinajstić information content (AvgIpc) is 2.75. The highest BCUT2D eigenvalue weighted by molar-refractivity contribution is 7.93. The molecule has 1 heterocycles. The molecule has 3 aromatic rings. The number of hydrogen-bond acceptors (Lipinski definition) is 4. The second kappa shape index (κ2) is 8.04. The number of carbonyl (C=O) groups is 1. The Morgan fingerprint density at radius 2 is 1.73 bits per heavy atom. The number of rotatable bonds is 6. The van der Waals surface area contributed by atoms with Gasteiger partial charge in [0.15, 0.2) is 0 Å². The Kier molecular flexibility index (Phi) is 5.29. The second-order valence-corrected chi connectivity index (χ2v) is 8.53. The van der Waals surface area contributed by atoms with Gasteiger partial charge in [-0.15, -0.1) is 0 Å². The maximum atomic E-state index is 13.2. The number of hydrogen-bond donors (Lipinski definition) is 1. The SMILES string of the molecule is C=CCOc1cccc(NC(=O)CN2c3ccccc3-c3ccccc3S2(=O)=O)c1. The standard InChI is InChI=1S/C23H20N2O4S/c1-2-14-29-18-9-7-8-17(15-18)24-23(26)16-25-21-12-5-3-10-19(21)20-11-4-6-13-22(20)30(25,27)28/h2-13,15H,1,14,16H2,(H,24,26). The molecule has 7 heteroatoms. The molecule has 1 aliphatic heterocycles. The van der Waals surface area contributed by atoms with Crippen LogP contribution in [0.5, 0.6) is 5.75 Å². The minimum absolute atomic E-state index is 0.191. The first-order valence-electron chi connectivity index (χ1n) is 9.35. The second-order valence-electron chi connectivity index (χ2n) is 6.70. The summed E-state index contributed by atoms with van der Waals surface area (Å²) in [5, 5.41) is 2.75. The van der Waals surface area contributed by atoms with Gasteiger partial charge in [0.2, 0.25) is 5.91 Å². The summed E-state index contributed by atoms with van der Waals surface area (Å²) >= 11 is 0. The smallest absolute Gasteiger partial charge is 0.265 e. The Bertz CT molecular complexity index is 1220. The molecule has 152 valence electrons. The Hall–Kier alpha value is -3.58. The maximum Gasteiger partial charge on any atom is 0.265 e. The van der Waals surface area contributed by atoms with Gasteiger partial charge in [-0.2, -0.15) is 0 Å². The molecule has 0 radical (unpaired) electrons. The van der Waals surface area contributed by atoms with E-state index in [2.05, 4.69) is 11.9 Å². The molecule has 0 saturated heterocycles. The summed E-state index contributed by atoms with van der Waals surface area (Å²) in [5.41, 5.74) is 2.41. The van der Waals surface area contributed by atoms with Crippen molar-refractivity contribution >= 4 is 27.3 Å². The van der Waals surface area contributed by atoms with Gasteiger partial charge in [0.05, 0.1) is 10.6 Å². The summed E-state index contributed by atoms with van der Waals surface area (Å²) in [6.07, 6.45) is 1.63. The van der Waals surface area contributed by atoms with Crippen molar-refractivity contribution in [3.05, 3.63) is 85.5 Å². The van der Waals surface area contributed by atoms with E-state index in [1.165, 1.54) is 0 Å². The fraction of sp³-hybridized carbons (Fsp3) is 0.0870. The molecule has 0 bridgehead atoms. The lowest BCUT2D eigenvalue weighted by Crippen LogP contribution is -2.40. The summed E-state index contributed by atoms with van der Waals surface area (Å²) in [6, 6.07) is 20.9. The quantitative estimate of drug-likeness (QED) is 0.610. The van der Waals surface area contributed by atoms with Gasteiger partial charge in [0.1, 0.15) is 18.9 Å². The normalized spacial score (nSPS) is 13.7. The number of amides is 1. The van der Waals surface area contributed by atoms with Crippen molar-refractivity contribution in [2.24, 2.45) is 0 Å². The Labute approximate surface area is 175 Å². The first-order chi connectivity index (χ1) is 14.5. The van der Waals surface area contributed by atoms with E-state index >= 15 is 0 Å². The summed E-state index contributed by atoms with van der Waals surface area (Å²) in [4.78, 5) is 12.9. The summed E-state index contributed by atoms with van der Waals surface area (Å²) in [6.45, 7) is 3.61. The van der Waals surface area contributed by atoms with Gasteiger partial charge < -0.3 is 10.1 Å². The van der Waals surface area contributed by atoms with E-state index in [9.17, 15) is 13.2 Å². The van der Waals surface area contributed by atoms with E-state index in [0.29, 0.717) is 29.3 Å². The molecule has 0 aliphatic carbocycles. The van der Waals surface area contributed by atoms with Crippen LogP contribution in [-0.2, 0) is 14.8 Å². The number of fused-ring (bicyclic) bond motifs is 3. The lowest BCUT2D eigenvalue weighted by Gasteiger charge is -2.31. The van der Waals surface area contributed by atoms with E-state index < -0.39 is 15.9 Å². The molecule has 1 amide bonds. The minimum Gasteiger partial charge on any atom is -0.489 e. The molecule has 0 atom stereocenters. The van der Waals surface area contributed by atoms with E-state index in [1.807, 2.05) is 12.1 Å². The average molecular weight is 420 g/mol. The van der Waals surface area contributed by atoms with E-state index in [1.54, 1.807) is 66.7 Å². The van der Waals surface area contributed by atoms with Crippen LogP contribution in [-0.4, -0.2) is 27.5 Å². The number of sulfonamides is 1. The van der Waals surface area contributed by atoms with Crippen LogP contribution >= 0.6 is 0 Å². The van der Waals surface area contributed by atoms with Gasteiger partial charge in [0, 0.05) is 22.9 Å². The highest BCUT2D eigenvalue weighted by atomic mass is 32.2. The molecule has 30 heavy (non-hydrogen) atoms. The lowest BCUT2D eigenvalue weighted by atomic mass is 10.0. The van der Waals surface area contributed by atoms with E-state index in [-0.39, 0.29) is 11.4 Å². The first kappa shape index (κ1) is 19.7. The zero-order chi connectivity index (χ0) is 21.1. The molecular formula is C23H20N2O4S. The minimum atomic E-state index is -3.87. The zero-order valence-electron chi connectivity index (χ0n) is 16.1. The monoisotopic (exact) mass is 420 g/mol. The number of ether oxygens (including phenoxy) is 1. The third-order valence-corrected chi connectivity index (χ3v) is 6.51. The van der Waals surface area contributed by atoms with Gasteiger partial charge >= 0.3 is 0 Å². The van der Waals surface area contributed by atoms with Crippen LogP contribution in [0.25, 0.3) is 11.1 Å². The number of para-hydroxylation sites is 1. The Balaban J connectivity index is 1.62. The van der Waals surface area contributed by atoms with Gasteiger partial charge in [-0.25, -0.2) is 8.42 Å². The largest absolute Gasteiger partial charge is 0.489 e. The highest BCUT2D eigenvalue weighted by Crippen LogP contribution is 2.42. The molecule has 3 aromatic carbocycles. The Morgan fingerprint density at radius 3 is 2.53 bits per heavy atom. The zero-order valence-corrected chi connectivity index (χ0v) is 16.9. The van der Waals surface area contributed by atoms with Crippen molar-refractivity contribution in [1.29, 1.82) is 0 Å². The number of nitrogens with one attached hydrogen (secondary N) is 1. The Morgan fingerprint density at radius 1 is 1.00 bits per heavy atom. The van der Waals surface area contributed by atoms with Crippen LogP contribution in [0.1, 0.15) is 0 Å². The third kappa shape index (κ3) is 3.67. The van der Waals surface area contributed by atoms with E-state index in [0.717, 1.165) is 9.87 Å². The van der Waals surface area contributed by atoms with Crippen molar-refractivity contribution in [1.82, 2.24) is 0 Å². The number of carbonyl (C=O) groups excluding carboxylic acids is 1. The van der Waals surface area contributed by atoms with Gasteiger partial charge in [-0.3, -0.25) is 9.10 Å². The third-order valence-electron chi connectivity index (χ3n) is 4.69. The van der Waals surface area contributed by atoms with Gasteiger partial charge in [-0.1, -0.05) is 55.1 Å². The van der Waals surface area contributed by atoms with Crippen LogP contribution < -0.4 is 14.4 Å². The molecule has 0 aromatic heterocycles. The van der Waals surface area contributed by atoms with Crippen LogP contribution in [0.2, 0.25) is 0 Å². The molecule has 4 rings (SSSR count). The topological polar surface area (TPSA) is 75.7 Å². The van der Waals surface area contributed by atoms with Crippen LogP contribution in [0.3, 0.4) is 0 Å². The molecule has 6 nitrogen and oxygen atoms in total. The molecule has 0 saturated carbocycles. The molecular weight excluding hydrogens is 400 g/mol. The van der Waals surface area contributed by atoms with Crippen molar-refractivity contribution in [3.63, 3.8) is 0 Å². The van der Waals surface area contributed by atoms with Crippen molar-refractivity contribution in [2.45, 2.75) is 4.90 Å². The van der Waals surface area contributed by atoms with Gasteiger partial charge in [0.25, 0.3) is 10.0 Å². The predicted octanol–water partition coefficient (Wildman–Crippen LogP) is 4.07. The summed E-state index contributed by atoms with van der Waals surface area (Å²) < 4.78 is 33.1. The van der Waals surface area contributed by atoms with E-state index in [4.69, 9.17) is 4.74 Å². The van der Waals surface area contributed by atoms with Crippen LogP contribution in [0.4, 0.5) is 11.4 Å². The molecule has 0 spiro atoms. The number of benzene rings is 3. The first-order valence-corrected chi connectivity index (χ1v) is 10.8. The van der Waals surface area contributed by atoms with Crippen LogP contribution in [0.15, 0.2) is 90.3 Å². The lowest BCUT2D eigenvalue weighted by molar-refractivity contribution is -0.114. The predicted molar refractivity (Wildman–Crippen MR) is 117 cm³/mol. The fourth-order valence-corrected chi connectivity index (χ4v) is 5.05. The summed E-state index contributed by atoms with van der Waals surface area (Å²) in [7, 11) is -3.87. The molecule has 1 aliphatic rings. The molecule has 0 fully saturated rings. The van der Waals surface area contributed by atoms with Crippen molar-refractivity contribution in [2.75, 3.05) is 22.8 Å². The molecule has 0 unspecified atom stereocenters. The van der Waals surface area contributed by atoms with Gasteiger partial charge in [-0.05, 0) is 24.3 Å². The summed E-state index contributed by atoms with van der Waals surface area (Å²) in [5.74, 6) is 0.131. The molecule has 1 N–H and O–H groups in total. The maximum absolute atomic E-state index is 13.2. The highest BCUT2D eigenvalue weighted by Gasteiger charge is 2.35. The fourth-order valence-electron chi connectivity index (χ4n) is 3.40. The van der Waals surface area contributed by atoms with Crippen molar-refractivity contribution < 1.29 is 17.9 Å². The van der Waals surface area contributed by atoms with Crippen molar-refractivity contribution in [3.8, 4) is 16.9 Å². The van der Waals surface area contributed by atoms with Crippen LogP contribution in [0, 0.1) is 0 Å².